The minimum absolute atomic E-state index is 0.0196. The van der Waals surface area contributed by atoms with Gasteiger partial charge in [-0.15, -0.1) is 0 Å². The van der Waals surface area contributed by atoms with Crippen LogP contribution in [0.15, 0.2) is 47.4 Å². The van der Waals surface area contributed by atoms with Crippen LogP contribution in [0.3, 0.4) is 0 Å². The van der Waals surface area contributed by atoms with Gasteiger partial charge in [0.25, 0.3) is 0 Å². The van der Waals surface area contributed by atoms with Crippen LogP contribution in [-0.2, 0) is 16.4 Å². The summed E-state index contributed by atoms with van der Waals surface area (Å²) < 4.78 is 35.8. The molecule has 0 spiro atoms. The van der Waals surface area contributed by atoms with Crippen molar-refractivity contribution in [2.45, 2.75) is 11.3 Å². The first-order chi connectivity index (χ1) is 11.3. The summed E-state index contributed by atoms with van der Waals surface area (Å²) in [6.45, 7) is 0.270. The van der Waals surface area contributed by atoms with Gasteiger partial charge in [-0.25, -0.2) is 22.7 Å². The van der Waals surface area contributed by atoms with E-state index in [1.165, 1.54) is 30.3 Å². The monoisotopic (exact) mass is 371 g/mol. The number of urea groups is 1. The zero-order chi connectivity index (χ0) is 17.7. The number of amides is 2. The smallest absolute Gasteiger partial charge is 0.319 e. The summed E-state index contributed by atoms with van der Waals surface area (Å²) in [5.41, 5.74) is 0.723. The topological polar surface area (TPSA) is 101 Å². The standard InChI is InChI=1S/C15H15ClFN3O3S/c16-12-2-1-3-13(17)14(12)20-15(21)19-9-8-10-4-6-11(7-5-10)24(18,22)23/h1-7H,8-9H2,(H2,18,22,23)(H2,19,20,21). The Morgan fingerprint density at radius 3 is 2.42 bits per heavy atom. The third-order valence-corrected chi connectivity index (χ3v) is 4.40. The highest BCUT2D eigenvalue weighted by Gasteiger charge is 2.10. The van der Waals surface area contributed by atoms with E-state index in [-0.39, 0.29) is 22.2 Å². The second-order valence-electron chi connectivity index (χ2n) is 4.92. The first-order valence-corrected chi connectivity index (χ1v) is 8.80. The molecule has 0 atom stereocenters. The van der Waals surface area contributed by atoms with Crippen LogP contribution in [0.25, 0.3) is 0 Å². The first kappa shape index (κ1) is 18.2. The Balaban J connectivity index is 1.87. The second kappa shape index (κ2) is 7.61. The number of hydrogen-bond donors (Lipinski definition) is 3. The number of benzene rings is 2. The van der Waals surface area contributed by atoms with Crippen molar-refractivity contribution in [1.82, 2.24) is 5.32 Å². The predicted octanol–water partition coefficient (Wildman–Crippen LogP) is 2.49. The molecule has 24 heavy (non-hydrogen) atoms. The minimum Gasteiger partial charge on any atom is -0.338 e. The third kappa shape index (κ3) is 4.92. The van der Waals surface area contributed by atoms with E-state index in [2.05, 4.69) is 10.6 Å². The van der Waals surface area contributed by atoms with E-state index in [9.17, 15) is 17.6 Å². The number of sulfonamides is 1. The van der Waals surface area contributed by atoms with Gasteiger partial charge in [-0.2, -0.15) is 0 Å². The van der Waals surface area contributed by atoms with Crippen molar-refractivity contribution in [2.75, 3.05) is 11.9 Å². The molecule has 2 aromatic carbocycles. The van der Waals surface area contributed by atoms with E-state index in [1.807, 2.05) is 0 Å². The zero-order valence-corrected chi connectivity index (χ0v) is 14.0. The second-order valence-corrected chi connectivity index (χ2v) is 6.89. The van der Waals surface area contributed by atoms with Gasteiger partial charge in [0.2, 0.25) is 10.0 Å². The normalized spacial score (nSPS) is 11.1. The first-order valence-electron chi connectivity index (χ1n) is 6.88. The predicted molar refractivity (Wildman–Crippen MR) is 90.0 cm³/mol. The Kier molecular flexibility index (Phi) is 5.76. The van der Waals surface area contributed by atoms with Crippen LogP contribution in [0.5, 0.6) is 0 Å². The van der Waals surface area contributed by atoms with Gasteiger partial charge in [0.15, 0.2) is 0 Å². The van der Waals surface area contributed by atoms with Crippen LogP contribution in [-0.4, -0.2) is 21.0 Å². The molecular formula is C15H15ClFN3O3S. The maximum atomic E-state index is 13.5. The van der Waals surface area contributed by atoms with E-state index >= 15 is 0 Å². The highest BCUT2D eigenvalue weighted by Crippen LogP contribution is 2.24. The third-order valence-electron chi connectivity index (χ3n) is 3.15. The minimum atomic E-state index is -3.72. The van der Waals surface area contributed by atoms with E-state index in [1.54, 1.807) is 12.1 Å². The fourth-order valence-electron chi connectivity index (χ4n) is 1.94. The van der Waals surface area contributed by atoms with Gasteiger partial charge in [-0.1, -0.05) is 29.8 Å². The van der Waals surface area contributed by atoms with Crippen molar-refractivity contribution in [3.63, 3.8) is 0 Å². The Bertz CT molecular complexity index is 821. The molecule has 0 aromatic heterocycles. The highest BCUT2D eigenvalue weighted by molar-refractivity contribution is 7.89. The molecule has 0 aliphatic heterocycles. The van der Waals surface area contributed by atoms with Crippen LogP contribution in [0, 0.1) is 5.82 Å². The SMILES string of the molecule is NS(=O)(=O)c1ccc(CCNC(=O)Nc2c(F)cccc2Cl)cc1. The molecular weight excluding hydrogens is 357 g/mol. The number of carbonyl (C=O) groups is 1. The summed E-state index contributed by atoms with van der Waals surface area (Å²) in [5.74, 6) is -0.628. The maximum absolute atomic E-state index is 13.5. The lowest BCUT2D eigenvalue weighted by Crippen LogP contribution is -2.30. The van der Waals surface area contributed by atoms with Gasteiger partial charge in [0.1, 0.15) is 5.82 Å². The molecule has 0 saturated carbocycles. The average Bonchev–Trinajstić information content (AvgIpc) is 2.51. The van der Waals surface area contributed by atoms with Crippen LogP contribution in [0.1, 0.15) is 5.56 Å². The lowest BCUT2D eigenvalue weighted by atomic mass is 10.1. The highest BCUT2D eigenvalue weighted by atomic mass is 35.5. The van der Waals surface area contributed by atoms with E-state index in [0.717, 1.165) is 5.56 Å². The molecule has 0 aliphatic rings. The molecule has 2 amide bonds. The lowest BCUT2D eigenvalue weighted by molar-refractivity contribution is 0.252. The average molecular weight is 372 g/mol. The lowest BCUT2D eigenvalue weighted by Gasteiger charge is -2.10. The van der Waals surface area contributed by atoms with Gasteiger partial charge in [-0.3, -0.25) is 0 Å². The maximum Gasteiger partial charge on any atom is 0.319 e. The van der Waals surface area contributed by atoms with Crippen molar-refractivity contribution in [2.24, 2.45) is 5.14 Å². The quantitative estimate of drug-likeness (QED) is 0.752. The number of carbonyl (C=O) groups excluding carboxylic acids is 1. The van der Waals surface area contributed by atoms with Gasteiger partial charge < -0.3 is 10.6 Å². The number of nitrogens with one attached hydrogen (secondary N) is 2. The van der Waals surface area contributed by atoms with Crippen molar-refractivity contribution in [1.29, 1.82) is 0 Å². The van der Waals surface area contributed by atoms with Crippen LogP contribution in [0.2, 0.25) is 5.02 Å². The summed E-state index contributed by atoms with van der Waals surface area (Å²) in [5, 5.41) is 10.0. The Hall–Kier alpha value is -2.16. The molecule has 0 aliphatic carbocycles. The largest absolute Gasteiger partial charge is 0.338 e. The van der Waals surface area contributed by atoms with Gasteiger partial charge in [-0.05, 0) is 36.2 Å². The molecule has 0 radical (unpaired) electrons. The molecule has 0 saturated heterocycles. The fourth-order valence-corrected chi connectivity index (χ4v) is 2.67. The number of anilines is 1. The van der Waals surface area contributed by atoms with Crippen LogP contribution < -0.4 is 15.8 Å². The molecule has 9 heteroatoms. The molecule has 0 fully saturated rings. The number of halogens is 2. The van der Waals surface area contributed by atoms with E-state index < -0.39 is 21.9 Å². The molecule has 0 bridgehead atoms. The number of primary sulfonamides is 1. The summed E-state index contributed by atoms with van der Waals surface area (Å²) in [6, 6.07) is 9.49. The van der Waals surface area contributed by atoms with E-state index in [4.69, 9.17) is 16.7 Å². The van der Waals surface area contributed by atoms with Crippen LogP contribution in [0.4, 0.5) is 14.9 Å². The Morgan fingerprint density at radius 2 is 1.83 bits per heavy atom. The molecule has 2 rings (SSSR count). The molecule has 4 N–H and O–H groups in total. The van der Waals surface area contributed by atoms with Crippen molar-refractivity contribution >= 4 is 33.3 Å². The molecule has 128 valence electrons. The molecule has 6 nitrogen and oxygen atoms in total. The van der Waals surface area contributed by atoms with Gasteiger partial charge in [0.05, 0.1) is 15.6 Å². The summed E-state index contributed by atoms with van der Waals surface area (Å²) in [6.07, 6.45) is 0.462. The van der Waals surface area contributed by atoms with Gasteiger partial charge in [0, 0.05) is 6.54 Å². The fraction of sp³-hybridized carbons (Fsp3) is 0.133. The van der Waals surface area contributed by atoms with Crippen molar-refractivity contribution in [3.05, 3.63) is 58.9 Å². The Labute approximate surface area is 143 Å². The number of rotatable bonds is 5. The Morgan fingerprint density at radius 1 is 1.17 bits per heavy atom. The van der Waals surface area contributed by atoms with E-state index in [0.29, 0.717) is 6.42 Å². The van der Waals surface area contributed by atoms with Crippen molar-refractivity contribution in [3.8, 4) is 0 Å². The van der Waals surface area contributed by atoms with Gasteiger partial charge >= 0.3 is 6.03 Å². The zero-order valence-electron chi connectivity index (χ0n) is 12.4. The number of hydrogen-bond acceptors (Lipinski definition) is 3. The van der Waals surface area contributed by atoms with Crippen molar-refractivity contribution < 1.29 is 17.6 Å². The molecule has 2 aromatic rings. The molecule has 0 heterocycles. The summed E-state index contributed by atoms with van der Waals surface area (Å²) >= 11 is 5.81. The molecule has 0 unspecified atom stereocenters. The summed E-state index contributed by atoms with van der Waals surface area (Å²) in [4.78, 5) is 11.8. The number of para-hydroxylation sites is 1. The number of nitrogens with two attached hydrogens (primary N) is 1. The van der Waals surface area contributed by atoms with Crippen LogP contribution >= 0.6 is 11.6 Å². The summed E-state index contributed by atoms with van der Waals surface area (Å²) in [7, 11) is -3.72.